The molecule has 0 aliphatic carbocycles. The molecule has 0 saturated heterocycles. The van der Waals surface area contributed by atoms with Gasteiger partial charge in [-0.05, 0) is 43.9 Å². The minimum absolute atomic E-state index is 0.217. The summed E-state index contributed by atoms with van der Waals surface area (Å²) in [5.41, 5.74) is 4.41. The number of aryl methyl sites for hydroxylation is 2. The van der Waals surface area contributed by atoms with E-state index in [1.807, 2.05) is 19.9 Å². The fourth-order valence-electron chi connectivity index (χ4n) is 2.60. The largest absolute Gasteiger partial charge is 0.480 e. The molecule has 1 aliphatic rings. The first-order valence-electron chi connectivity index (χ1n) is 5.58. The molecule has 0 spiro atoms. The first kappa shape index (κ1) is 11.1. The lowest BCUT2D eigenvalue weighted by molar-refractivity contribution is -0.140. The highest BCUT2D eigenvalue weighted by Gasteiger charge is 2.30. The molecule has 2 rings (SSSR count). The van der Waals surface area contributed by atoms with E-state index in [0.717, 1.165) is 17.5 Å². The van der Waals surface area contributed by atoms with Gasteiger partial charge in [0, 0.05) is 6.04 Å². The molecule has 2 N–H and O–H groups in total. The van der Waals surface area contributed by atoms with Crippen molar-refractivity contribution < 1.29 is 9.90 Å². The number of nitrogens with one attached hydrogen (secondary N) is 1. The molecule has 2 unspecified atom stereocenters. The fraction of sp³-hybridized carbons (Fsp3) is 0.462. The van der Waals surface area contributed by atoms with Crippen LogP contribution in [-0.4, -0.2) is 17.1 Å². The SMILES string of the molecule is Cc1cc(C)c2c(c1)CC(C)NC2C(=O)O. The summed E-state index contributed by atoms with van der Waals surface area (Å²) in [7, 11) is 0. The second-order valence-electron chi connectivity index (χ2n) is 4.70. The Morgan fingerprint density at radius 2 is 2.12 bits per heavy atom. The van der Waals surface area contributed by atoms with Crippen molar-refractivity contribution in [2.75, 3.05) is 0 Å². The Labute approximate surface area is 95.5 Å². The number of benzene rings is 1. The minimum atomic E-state index is -0.792. The van der Waals surface area contributed by atoms with E-state index in [-0.39, 0.29) is 6.04 Å². The van der Waals surface area contributed by atoms with Gasteiger partial charge in [0.1, 0.15) is 6.04 Å². The molecule has 3 nitrogen and oxygen atoms in total. The van der Waals surface area contributed by atoms with Crippen LogP contribution in [0, 0.1) is 13.8 Å². The van der Waals surface area contributed by atoms with Crippen LogP contribution in [0.3, 0.4) is 0 Å². The topological polar surface area (TPSA) is 49.3 Å². The Kier molecular flexibility index (Phi) is 2.72. The Balaban J connectivity index is 2.56. The molecule has 0 amide bonds. The highest BCUT2D eigenvalue weighted by Crippen LogP contribution is 2.29. The summed E-state index contributed by atoms with van der Waals surface area (Å²) < 4.78 is 0. The van der Waals surface area contributed by atoms with E-state index in [1.54, 1.807) is 0 Å². The van der Waals surface area contributed by atoms with Crippen molar-refractivity contribution in [2.24, 2.45) is 0 Å². The van der Waals surface area contributed by atoms with Gasteiger partial charge in [0.15, 0.2) is 0 Å². The molecule has 1 aromatic carbocycles. The molecular weight excluding hydrogens is 202 g/mol. The van der Waals surface area contributed by atoms with Gasteiger partial charge in [0.25, 0.3) is 0 Å². The third-order valence-electron chi connectivity index (χ3n) is 3.13. The second-order valence-corrected chi connectivity index (χ2v) is 4.70. The molecule has 86 valence electrons. The van der Waals surface area contributed by atoms with Gasteiger partial charge in [0.2, 0.25) is 0 Å². The first-order valence-corrected chi connectivity index (χ1v) is 5.58. The van der Waals surface area contributed by atoms with Crippen LogP contribution in [0.25, 0.3) is 0 Å². The highest BCUT2D eigenvalue weighted by molar-refractivity contribution is 5.77. The highest BCUT2D eigenvalue weighted by atomic mass is 16.4. The van der Waals surface area contributed by atoms with E-state index >= 15 is 0 Å². The van der Waals surface area contributed by atoms with Crippen LogP contribution in [-0.2, 0) is 11.2 Å². The molecule has 0 aromatic heterocycles. The number of carboxylic acids is 1. The van der Waals surface area contributed by atoms with Crippen molar-refractivity contribution >= 4 is 5.97 Å². The monoisotopic (exact) mass is 219 g/mol. The lowest BCUT2D eigenvalue weighted by atomic mass is 9.86. The van der Waals surface area contributed by atoms with Crippen LogP contribution in [0.4, 0.5) is 0 Å². The number of carbonyl (C=O) groups is 1. The van der Waals surface area contributed by atoms with Crippen LogP contribution in [0.5, 0.6) is 0 Å². The van der Waals surface area contributed by atoms with Crippen molar-refractivity contribution in [1.82, 2.24) is 5.32 Å². The molecule has 1 aromatic rings. The predicted octanol–water partition coefficient (Wildman–Crippen LogP) is 1.96. The predicted molar refractivity (Wildman–Crippen MR) is 62.6 cm³/mol. The molecule has 1 heterocycles. The lowest BCUT2D eigenvalue weighted by Gasteiger charge is -2.30. The molecule has 0 fully saturated rings. The average molecular weight is 219 g/mol. The Morgan fingerprint density at radius 3 is 2.75 bits per heavy atom. The number of carboxylic acid groups (broad SMARTS) is 1. The van der Waals surface area contributed by atoms with Gasteiger partial charge in [-0.3, -0.25) is 10.1 Å². The van der Waals surface area contributed by atoms with Crippen LogP contribution >= 0.6 is 0 Å². The Bertz CT molecular complexity index is 440. The number of hydrogen-bond donors (Lipinski definition) is 2. The van der Waals surface area contributed by atoms with E-state index in [0.29, 0.717) is 0 Å². The fourth-order valence-corrected chi connectivity index (χ4v) is 2.60. The zero-order valence-electron chi connectivity index (χ0n) is 9.87. The maximum Gasteiger partial charge on any atom is 0.325 e. The van der Waals surface area contributed by atoms with Crippen molar-refractivity contribution in [3.8, 4) is 0 Å². The molecular formula is C13H17NO2. The van der Waals surface area contributed by atoms with Crippen molar-refractivity contribution in [3.63, 3.8) is 0 Å². The Morgan fingerprint density at radius 1 is 1.44 bits per heavy atom. The van der Waals surface area contributed by atoms with E-state index in [9.17, 15) is 9.90 Å². The normalized spacial score (nSPS) is 23.9. The lowest BCUT2D eigenvalue weighted by Crippen LogP contribution is -2.41. The van der Waals surface area contributed by atoms with E-state index in [2.05, 4.69) is 18.3 Å². The van der Waals surface area contributed by atoms with E-state index < -0.39 is 12.0 Å². The summed E-state index contributed by atoms with van der Waals surface area (Å²) in [4.78, 5) is 11.2. The summed E-state index contributed by atoms with van der Waals surface area (Å²) in [6.07, 6.45) is 0.904. The molecule has 16 heavy (non-hydrogen) atoms. The van der Waals surface area contributed by atoms with Gasteiger partial charge < -0.3 is 5.11 Å². The Hall–Kier alpha value is -1.35. The summed E-state index contributed by atoms with van der Waals surface area (Å²) in [6.45, 7) is 6.06. The standard InChI is InChI=1S/C13H17NO2/c1-7-4-8(2)11-10(5-7)6-9(3)14-12(11)13(15)16/h4-5,9,12,14H,6H2,1-3H3,(H,15,16). The molecule has 2 atom stereocenters. The van der Waals surface area contributed by atoms with Crippen LogP contribution in [0.1, 0.15) is 35.2 Å². The smallest absolute Gasteiger partial charge is 0.325 e. The molecule has 0 bridgehead atoms. The van der Waals surface area contributed by atoms with Gasteiger partial charge in [-0.25, -0.2) is 0 Å². The van der Waals surface area contributed by atoms with Crippen LogP contribution < -0.4 is 5.32 Å². The zero-order chi connectivity index (χ0) is 11.9. The van der Waals surface area contributed by atoms with E-state index in [1.165, 1.54) is 11.1 Å². The van der Waals surface area contributed by atoms with Crippen LogP contribution in [0.2, 0.25) is 0 Å². The third kappa shape index (κ3) is 1.83. The van der Waals surface area contributed by atoms with Crippen LogP contribution in [0.15, 0.2) is 12.1 Å². The molecule has 3 heteroatoms. The van der Waals surface area contributed by atoms with Crippen molar-refractivity contribution in [3.05, 3.63) is 34.4 Å². The third-order valence-corrected chi connectivity index (χ3v) is 3.13. The zero-order valence-corrected chi connectivity index (χ0v) is 9.87. The number of fused-ring (bicyclic) bond motifs is 1. The van der Waals surface area contributed by atoms with E-state index in [4.69, 9.17) is 0 Å². The molecule has 1 aliphatic heterocycles. The minimum Gasteiger partial charge on any atom is -0.480 e. The van der Waals surface area contributed by atoms with Crippen molar-refractivity contribution in [1.29, 1.82) is 0 Å². The van der Waals surface area contributed by atoms with Crippen molar-refractivity contribution in [2.45, 2.75) is 39.3 Å². The first-order chi connectivity index (χ1) is 7.49. The quantitative estimate of drug-likeness (QED) is 0.759. The maximum absolute atomic E-state index is 11.2. The molecule has 0 saturated carbocycles. The summed E-state index contributed by atoms with van der Waals surface area (Å²) in [5, 5.41) is 12.4. The van der Waals surface area contributed by atoms with Gasteiger partial charge in [-0.15, -0.1) is 0 Å². The summed E-state index contributed by atoms with van der Waals surface area (Å²) >= 11 is 0. The number of aliphatic carboxylic acids is 1. The second kappa shape index (κ2) is 3.91. The molecule has 0 radical (unpaired) electrons. The van der Waals surface area contributed by atoms with Gasteiger partial charge in [-0.2, -0.15) is 0 Å². The van der Waals surface area contributed by atoms with Gasteiger partial charge >= 0.3 is 5.97 Å². The number of rotatable bonds is 1. The van der Waals surface area contributed by atoms with Gasteiger partial charge in [-0.1, -0.05) is 17.7 Å². The number of hydrogen-bond acceptors (Lipinski definition) is 2. The maximum atomic E-state index is 11.2. The summed E-state index contributed by atoms with van der Waals surface area (Å²) in [5.74, 6) is -0.792. The summed E-state index contributed by atoms with van der Waals surface area (Å²) in [6, 6.07) is 3.82. The van der Waals surface area contributed by atoms with Gasteiger partial charge in [0.05, 0.1) is 0 Å². The average Bonchev–Trinajstić information content (AvgIpc) is 2.14.